The van der Waals surface area contributed by atoms with Crippen LogP contribution in [0.25, 0.3) is 0 Å². The first kappa shape index (κ1) is 18.6. The summed E-state index contributed by atoms with van der Waals surface area (Å²) in [5.41, 5.74) is 5.83. The van der Waals surface area contributed by atoms with Crippen LogP contribution in [0.3, 0.4) is 0 Å². The number of nitrogens with zero attached hydrogens (tertiary/aromatic N) is 2. The van der Waals surface area contributed by atoms with Crippen LogP contribution >= 0.6 is 0 Å². The highest BCUT2D eigenvalue weighted by Gasteiger charge is 2.36. The summed E-state index contributed by atoms with van der Waals surface area (Å²) in [4.78, 5) is 29.4. The van der Waals surface area contributed by atoms with Crippen molar-refractivity contribution in [2.75, 3.05) is 32.7 Å². The van der Waals surface area contributed by atoms with Gasteiger partial charge in [-0.3, -0.25) is 14.5 Å². The molecule has 3 N–H and O–H groups in total. The van der Waals surface area contributed by atoms with Gasteiger partial charge < -0.3 is 16.0 Å². The van der Waals surface area contributed by atoms with Crippen LogP contribution in [0.15, 0.2) is 0 Å². The number of hydrogen-bond acceptors (Lipinski definition) is 4. The minimum absolute atomic E-state index is 0.110. The van der Waals surface area contributed by atoms with Gasteiger partial charge in [-0.05, 0) is 45.1 Å². The van der Waals surface area contributed by atoms with E-state index in [0.29, 0.717) is 18.5 Å². The van der Waals surface area contributed by atoms with Gasteiger partial charge in [-0.1, -0.05) is 19.3 Å². The first-order chi connectivity index (χ1) is 12.1. The maximum absolute atomic E-state index is 12.8. The number of carbonyl (C=O) groups excluding carboxylic acids is 2. The second kappa shape index (κ2) is 8.49. The molecule has 6 nitrogen and oxygen atoms in total. The average Bonchev–Trinajstić information content (AvgIpc) is 3.31. The number of amides is 2. The number of hydrogen-bond donors (Lipinski definition) is 2. The van der Waals surface area contributed by atoms with E-state index in [1.54, 1.807) is 0 Å². The molecule has 3 rings (SSSR count). The lowest BCUT2D eigenvalue weighted by Crippen LogP contribution is -2.56. The van der Waals surface area contributed by atoms with Crippen molar-refractivity contribution in [1.29, 1.82) is 0 Å². The molecule has 1 heterocycles. The molecular weight excluding hydrogens is 316 g/mol. The van der Waals surface area contributed by atoms with Gasteiger partial charge in [0, 0.05) is 38.1 Å². The maximum Gasteiger partial charge on any atom is 0.237 e. The van der Waals surface area contributed by atoms with E-state index >= 15 is 0 Å². The van der Waals surface area contributed by atoms with Crippen molar-refractivity contribution in [3.63, 3.8) is 0 Å². The molecule has 1 saturated heterocycles. The molecule has 3 atom stereocenters. The standard InChI is InChI=1S/C19H34N4O2/c1-14(18(24)21-16-6-2-3-7-16)22-9-11-23(12-10-22)19(25)17-8-4-5-15(17)13-20/h14-17H,2-13,20H2,1H3,(H,21,24)/t14?,15-,17-/m1/s1. The molecule has 1 unspecified atom stereocenters. The Labute approximate surface area is 151 Å². The fourth-order valence-corrected chi connectivity index (χ4v) is 4.77. The van der Waals surface area contributed by atoms with Crippen molar-refractivity contribution in [2.24, 2.45) is 17.6 Å². The lowest BCUT2D eigenvalue weighted by atomic mass is 9.94. The molecule has 142 valence electrons. The van der Waals surface area contributed by atoms with Crippen LogP contribution in [0.1, 0.15) is 51.9 Å². The Balaban J connectivity index is 1.46. The summed E-state index contributed by atoms with van der Waals surface area (Å²) in [6.07, 6.45) is 7.88. The van der Waals surface area contributed by atoms with E-state index in [9.17, 15) is 9.59 Å². The molecule has 0 aromatic rings. The normalized spacial score (nSPS) is 29.8. The number of rotatable bonds is 5. The van der Waals surface area contributed by atoms with Gasteiger partial charge in [0.05, 0.1) is 6.04 Å². The predicted molar refractivity (Wildman–Crippen MR) is 97.9 cm³/mol. The van der Waals surface area contributed by atoms with Gasteiger partial charge in [-0.2, -0.15) is 0 Å². The third-order valence-electron chi connectivity index (χ3n) is 6.53. The number of carbonyl (C=O) groups is 2. The Bertz CT molecular complexity index is 470. The van der Waals surface area contributed by atoms with Crippen LogP contribution in [0.4, 0.5) is 0 Å². The van der Waals surface area contributed by atoms with E-state index < -0.39 is 0 Å². The Hall–Kier alpha value is -1.14. The molecule has 2 saturated carbocycles. The maximum atomic E-state index is 12.8. The van der Waals surface area contributed by atoms with Gasteiger partial charge in [-0.15, -0.1) is 0 Å². The molecule has 3 fully saturated rings. The lowest BCUT2D eigenvalue weighted by molar-refractivity contribution is -0.139. The molecule has 2 amide bonds. The first-order valence-corrected chi connectivity index (χ1v) is 10.1. The Morgan fingerprint density at radius 3 is 2.36 bits per heavy atom. The van der Waals surface area contributed by atoms with E-state index in [-0.39, 0.29) is 23.8 Å². The Morgan fingerprint density at radius 2 is 1.72 bits per heavy atom. The largest absolute Gasteiger partial charge is 0.352 e. The zero-order valence-corrected chi connectivity index (χ0v) is 15.6. The predicted octanol–water partition coefficient (Wildman–Crippen LogP) is 0.953. The number of piperazine rings is 1. The first-order valence-electron chi connectivity index (χ1n) is 10.1. The third-order valence-corrected chi connectivity index (χ3v) is 6.53. The quantitative estimate of drug-likeness (QED) is 0.774. The summed E-state index contributed by atoms with van der Waals surface area (Å²) in [6, 6.07) is 0.259. The van der Waals surface area contributed by atoms with Gasteiger partial charge in [0.25, 0.3) is 0 Å². The second-order valence-electron chi connectivity index (χ2n) is 8.06. The summed E-state index contributed by atoms with van der Waals surface area (Å²) in [6.45, 7) is 5.63. The van der Waals surface area contributed by atoms with E-state index in [4.69, 9.17) is 5.73 Å². The molecule has 1 aliphatic heterocycles. The van der Waals surface area contributed by atoms with Gasteiger partial charge in [0.2, 0.25) is 11.8 Å². The zero-order valence-electron chi connectivity index (χ0n) is 15.6. The van der Waals surface area contributed by atoms with E-state index in [1.807, 2.05) is 11.8 Å². The lowest BCUT2D eigenvalue weighted by Gasteiger charge is -2.39. The van der Waals surface area contributed by atoms with Crippen LogP contribution in [0.2, 0.25) is 0 Å². The van der Waals surface area contributed by atoms with Crippen LogP contribution in [0.5, 0.6) is 0 Å². The minimum atomic E-state index is -0.110. The third kappa shape index (κ3) is 4.34. The average molecular weight is 351 g/mol. The SMILES string of the molecule is CC(C(=O)NC1CCCC1)N1CCN(C(=O)[C@@H]2CCC[C@@H]2CN)CC1. The van der Waals surface area contributed by atoms with Crippen molar-refractivity contribution >= 4 is 11.8 Å². The molecule has 0 radical (unpaired) electrons. The van der Waals surface area contributed by atoms with Gasteiger partial charge in [-0.25, -0.2) is 0 Å². The smallest absolute Gasteiger partial charge is 0.237 e. The van der Waals surface area contributed by atoms with E-state index in [1.165, 1.54) is 12.8 Å². The van der Waals surface area contributed by atoms with Crippen molar-refractivity contribution in [3.05, 3.63) is 0 Å². The highest BCUT2D eigenvalue weighted by molar-refractivity contribution is 5.82. The van der Waals surface area contributed by atoms with Crippen molar-refractivity contribution < 1.29 is 9.59 Å². The summed E-state index contributed by atoms with van der Waals surface area (Å²) in [5, 5.41) is 3.19. The Kier molecular flexibility index (Phi) is 6.34. The fourth-order valence-electron chi connectivity index (χ4n) is 4.77. The van der Waals surface area contributed by atoms with Crippen molar-refractivity contribution in [2.45, 2.75) is 64.0 Å². The summed E-state index contributed by atoms with van der Waals surface area (Å²) < 4.78 is 0. The van der Waals surface area contributed by atoms with Gasteiger partial charge >= 0.3 is 0 Å². The van der Waals surface area contributed by atoms with E-state index in [0.717, 1.165) is 58.3 Å². The van der Waals surface area contributed by atoms with Gasteiger partial charge in [0.15, 0.2) is 0 Å². The van der Waals surface area contributed by atoms with Crippen LogP contribution in [0, 0.1) is 11.8 Å². The summed E-state index contributed by atoms with van der Waals surface area (Å²) in [7, 11) is 0. The summed E-state index contributed by atoms with van der Waals surface area (Å²) in [5.74, 6) is 0.919. The minimum Gasteiger partial charge on any atom is -0.352 e. The molecule has 0 aromatic carbocycles. The molecule has 0 spiro atoms. The highest BCUT2D eigenvalue weighted by Crippen LogP contribution is 2.32. The molecular formula is C19H34N4O2. The van der Waals surface area contributed by atoms with Crippen LogP contribution < -0.4 is 11.1 Å². The molecule has 0 aromatic heterocycles. The second-order valence-corrected chi connectivity index (χ2v) is 8.06. The number of nitrogens with one attached hydrogen (secondary N) is 1. The van der Waals surface area contributed by atoms with Crippen LogP contribution in [-0.4, -0.2) is 66.4 Å². The molecule has 25 heavy (non-hydrogen) atoms. The zero-order chi connectivity index (χ0) is 17.8. The monoisotopic (exact) mass is 350 g/mol. The number of nitrogens with two attached hydrogens (primary N) is 1. The van der Waals surface area contributed by atoms with Gasteiger partial charge in [0.1, 0.15) is 0 Å². The van der Waals surface area contributed by atoms with Crippen LogP contribution in [-0.2, 0) is 9.59 Å². The molecule has 3 aliphatic rings. The van der Waals surface area contributed by atoms with E-state index in [2.05, 4.69) is 10.2 Å². The summed E-state index contributed by atoms with van der Waals surface area (Å²) >= 11 is 0. The topological polar surface area (TPSA) is 78.7 Å². The fraction of sp³-hybridized carbons (Fsp3) is 0.895. The van der Waals surface area contributed by atoms with Crippen molar-refractivity contribution in [3.8, 4) is 0 Å². The molecule has 2 aliphatic carbocycles. The molecule has 0 bridgehead atoms. The molecule has 6 heteroatoms. The van der Waals surface area contributed by atoms with Crippen molar-refractivity contribution in [1.82, 2.24) is 15.1 Å². The Morgan fingerprint density at radius 1 is 1.04 bits per heavy atom. The highest BCUT2D eigenvalue weighted by atomic mass is 16.2.